The van der Waals surface area contributed by atoms with E-state index in [4.69, 9.17) is 5.11 Å². The summed E-state index contributed by atoms with van der Waals surface area (Å²) in [6, 6.07) is 0. The Morgan fingerprint density at radius 2 is 2.44 bits per heavy atom. The SMILES string of the molecule is CCC(CCO)CNC(=O)c1cncn1C. The third kappa shape index (κ3) is 3.34. The molecule has 1 aromatic heterocycles. The van der Waals surface area contributed by atoms with E-state index < -0.39 is 0 Å². The Balaban J connectivity index is 2.43. The highest BCUT2D eigenvalue weighted by atomic mass is 16.3. The molecule has 0 aromatic carbocycles. The minimum absolute atomic E-state index is 0.114. The maximum atomic E-state index is 11.7. The zero-order chi connectivity index (χ0) is 12.0. The summed E-state index contributed by atoms with van der Waals surface area (Å²) in [5.74, 6) is 0.221. The minimum Gasteiger partial charge on any atom is -0.396 e. The molecular formula is C11H19N3O2. The molecule has 16 heavy (non-hydrogen) atoms. The molecule has 0 fully saturated rings. The Morgan fingerprint density at radius 1 is 1.69 bits per heavy atom. The minimum atomic E-state index is -0.114. The molecule has 0 saturated carbocycles. The molecule has 0 radical (unpaired) electrons. The standard InChI is InChI=1S/C11H19N3O2/c1-3-9(4-5-15)6-13-11(16)10-7-12-8-14(10)2/h7-9,15H,3-6H2,1-2H3,(H,13,16). The Bertz CT molecular complexity index is 336. The number of nitrogens with one attached hydrogen (secondary N) is 1. The lowest BCUT2D eigenvalue weighted by Gasteiger charge is -2.14. The number of hydrogen-bond acceptors (Lipinski definition) is 3. The van der Waals surface area contributed by atoms with Gasteiger partial charge in [0, 0.05) is 20.2 Å². The van der Waals surface area contributed by atoms with Crippen molar-refractivity contribution in [3.63, 3.8) is 0 Å². The molecule has 1 aromatic rings. The Labute approximate surface area is 95.5 Å². The first-order valence-corrected chi connectivity index (χ1v) is 5.54. The first-order chi connectivity index (χ1) is 7.69. The van der Waals surface area contributed by atoms with Gasteiger partial charge in [0.15, 0.2) is 0 Å². The van der Waals surface area contributed by atoms with Crippen LogP contribution in [0.1, 0.15) is 30.3 Å². The van der Waals surface area contributed by atoms with Gasteiger partial charge in [-0.3, -0.25) is 4.79 Å². The highest BCUT2D eigenvalue weighted by Gasteiger charge is 2.11. The third-order valence-corrected chi connectivity index (χ3v) is 2.72. The predicted molar refractivity (Wildman–Crippen MR) is 61.0 cm³/mol. The number of aromatic nitrogens is 2. The lowest BCUT2D eigenvalue weighted by atomic mass is 10.0. The van der Waals surface area contributed by atoms with Crippen LogP contribution in [0.3, 0.4) is 0 Å². The van der Waals surface area contributed by atoms with Crippen molar-refractivity contribution in [3.8, 4) is 0 Å². The number of imidazole rings is 1. The number of aliphatic hydroxyl groups is 1. The fourth-order valence-electron chi connectivity index (χ4n) is 1.54. The van der Waals surface area contributed by atoms with Gasteiger partial charge in [-0.15, -0.1) is 0 Å². The molecule has 0 spiro atoms. The van der Waals surface area contributed by atoms with Crippen LogP contribution in [0, 0.1) is 5.92 Å². The van der Waals surface area contributed by atoms with Crippen LogP contribution in [-0.4, -0.2) is 33.7 Å². The predicted octanol–water partition coefficient (Wildman–Crippen LogP) is 0.558. The van der Waals surface area contributed by atoms with Crippen molar-refractivity contribution >= 4 is 5.91 Å². The molecule has 0 saturated heterocycles. The molecule has 2 N–H and O–H groups in total. The largest absolute Gasteiger partial charge is 0.396 e. The topological polar surface area (TPSA) is 67.2 Å². The second kappa shape index (κ2) is 6.27. The number of amides is 1. The molecule has 1 atom stereocenters. The first kappa shape index (κ1) is 12.7. The highest BCUT2D eigenvalue weighted by Crippen LogP contribution is 2.06. The van der Waals surface area contributed by atoms with Crippen molar-refractivity contribution < 1.29 is 9.90 Å². The summed E-state index contributed by atoms with van der Waals surface area (Å²) in [7, 11) is 1.78. The Kier molecular flexibility index (Phi) is 4.98. The van der Waals surface area contributed by atoms with Crippen molar-refractivity contribution in [1.29, 1.82) is 0 Å². The third-order valence-electron chi connectivity index (χ3n) is 2.72. The second-order valence-electron chi connectivity index (χ2n) is 3.89. The number of aryl methyl sites for hydroxylation is 1. The quantitative estimate of drug-likeness (QED) is 0.743. The van der Waals surface area contributed by atoms with Crippen LogP contribution in [0.2, 0.25) is 0 Å². The number of carbonyl (C=O) groups is 1. The van der Waals surface area contributed by atoms with Crippen LogP contribution in [0.25, 0.3) is 0 Å². The summed E-state index contributed by atoms with van der Waals surface area (Å²) in [5.41, 5.74) is 0.554. The molecule has 0 bridgehead atoms. The van der Waals surface area contributed by atoms with E-state index in [1.807, 2.05) is 0 Å². The van der Waals surface area contributed by atoms with Crippen molar-refractivity contribution in [2.75, 3.05) is 13.2 Å². The number of nitrogens with zero attached hydrogens (tertiary/aromatic N) is 2. The number of carbonyl (C=O) groups excluding carboxylic acids is 1. The summed E-state index contributed by atoms with van der Waals surface area (Å²) in [6.45, 7) is 2.82. The molecule has 1 amide bonds. The van der Waals surface area contributed by atoms with Gasteiger partial charge in [-0.25, -0.2) is 4.98 Å². The van der Waals surface area contributed by atoms with Gasteiger partial charge in [-0.05, 0) is 12.3 Å². The van der Waals surface area contributed by atoms with Gasteiger partial charge in [0.25, 0.3) is 5.91 Å². The first-order valence-electron chi connectivity index (χ1n) is 5.54. The van der Waals surface area contributed by atoms with Crippen molar-refractivity contribution in [3.05, 3.63) is 18.2 Å². The van der Waals surface area contributed by atoms with Gasteiger partial charge in [0.05, 0.1) is 12.5 Å². The monoisotopic (exact) mass is 225 g/mol. The van der Waals surface area contributed by atoms with E-state index in [-0.39, 0.29) is 12.5 Å². The van der Waals surface area contributed by atoms with Gasteiger partial charge >= 0.3 is 0 Å². The van der Waals surface area contributed by atoms with E-state index in [2.05, 4.69) is 17.2 Å². The van der Waals surface area contributed by atoms with E-state index in [9.17, 15) is 4.79 Å². The van der Waals surface area contributed by atoms with E-state index in [0.29, 0.717) is 18.2 Å². The lowest BCUT2D eigenvalue weighted by molar-refractivity contribution is 0.0935. The Morgan fingerprint density at radius 3 is 2.94 bits per heavy atom. The number of hydrogen-bond donors (Lipinski definition) is 2. The van der Waals surface area contributed by atoms with Crippen LogP contribution in [0.5, 0.6) is 0 Å². The van der Waals surface area contributed by atoms with Crippen LogP contribution in [0.4, 0.5) is 0 Å². The molecule has 5 heteroatoms. The van der Waals surface area contributed by atoms with Crippen LogP contribution in [-0.2, 0) is 7.05 Å². The average molecular weight is 225 g/mol. The molecule has 0 aliphatic heterocycles. The smallest absolute Gasteiger partial charge is 0.269 e. The highest BCUT2D eigenvalue weighted by molar-refractivity contribution is 5.92. The van der Waals surface area contributed by atoms with Crippen LogP contribution < -0.4 is 5.32 Å². The number of rotatable bonds is 6. The molecule has 0 aliphatic rings. The maximum Gasteiger partial charge on any atom is 0.269 e. The molecule has 1 heterocycles. The van der Waals surface area contributed by atoms with E-state index in [0.717, 1.165) is 12.8 Å². The Hall–Kier alpha value is -1.36. The lowest BCUT2D eigenvalue weighted by Crippen LogP contribution is -2.30. The normalized spacial score (nSPS) is 12.4. The van der Waals surface area contributed by atoms with Crippen LogP contribution >= 0.6 is 0 Å². The molecule has 1 rings (SSSR count). The second-order valence-corrected chi connectivity index (χ2v) is 3.89. The van der Waals surface area contributed by atoms with Gasteiger partial charge in [-0.2, -0.15) is 0 Å². The van der Waals surface area contributed by atoms with E-state index >= 15 is 0 Å². The zero-order valence-electron chi connectivity index (χ0n) is 9.81. The summed E-state index contributed by atoms with van der Waals surface area (Å²) in [6.07, 6.45) is 4.82. The molecule has 5 nitrogen and oxygen atoms in total. The maximum absolute atomic E-state index is 11.7. The zero-order valence-corrected chi connectivity index (χ0v) is 9.81. The fraction of sp³-hybridized carbons (Fsp3) is 0.636. The van der Waals surface area contributed by atoms with Crippen molar-refractivity contribution in [2.24, 2.45) is 13.0 Å². The number of aliphatic hydroxyl groups excluding tert-OH is 1. The summed E-state index contributed by atoms with van der Waals surface area (Å²) >= 11 is 0. The van der Waals surface area contributed by atoms with Gasteiger partial charge in [0.2, 0.25) is 0 Å². The molecule has 0 aliphatic carbocycles. The van der Waals surface area contributed by atoms with Gasteiger partial charge < -0.3 is 15.0 Å². The van der Waals surface area contributed by atoms with Crippen molar-refractivity contribution in [2.45, 2.75) is 19.8 Å². The van der Waals surface area contributed by atoms with Gasteiger partial charge in [-0.1, -0.05) is 13.3 Å². The molecule has 1 unspecified atom stereocenters. The summed E-state index contributed by atoms with van der Waals surface area (Å²) in [5, 5.41) is 11.7. The van der Waals surface area contributed by atoms with E-state index in [1.54, 1.807) is 24.1 Å². The fourth-order valence-corrected chi connectivity index (χ4v) is 1.54. The van der Waals surface area contributed by atoms with Gasteiger partial charge in [0.1, 0.15) is 5.69 Å². The molecular weight excluding hydrogens is 206 g/mol. The van der Waals surface area contributed by atoms with E-state index in [1.165, 1.54) is 0 Å². The molecule has 90 valence electrons. The average Bonchev–Trinajstić information content (AvgIpc) is 2.70. The van der Waals surface area contributed by atoms with Crippen LogP contribution in [0.15, 0.2) is 12.5 Å². The summed E-state index contributed by atoms with van der Waals surface area (Å²) in [4.78, 5) is 15.6. The summed E-state index contributed by atoms with van der Waals surface area (Å²) < 4.78 is 1.68. The van der Waals surface area contributed by atoms with Crippen molar-refractivity contribution in [1.82, 2.24) is 14.9 Å².